The van der Waals surface area contributed by atoms with E-state index < -0.39 is 10.0 Å². The number of piperazine rings is 1. The van der Waals surface area contributed by atoms with Gasteiger partial charge in [-0.25, -0.2) is 8.42 Å². The van der Waals surface area contributed by atoms with Crippen molar-refractivity contribution in [2.24, 2.45) is 0 Å². The molecule has 1 fully saturated rings. The molecule has 0 saturated carbocycles. The smallest absolute Gasteiger partial charge is 0.243 e. The number of hydrogen-bond acceptors (Lipinski definition) is 4. The number of hydrogen-bond donors (Lipinski definition) is 0. The standard InChI is InChI=1S/C19H24N2O3S/c1-3-24-18-10-6-5-9-17(18)20-12-14-21(15-13-20)25(22,23)19-11-7-4-8-16(19)2/h4-11H,3,12-15H2,1-2H3. The van der Waals surface area contributed by atoms with Crippen LogP contribution in [0.25, 0.3) is 0 Å². The fraction of sp³-hybridized carbons (Fsp3) is 0.368. The van der Waals surface area contributed by atoms with Gasteiger partial charge in [-0.2, -0.15) is 4.31 Å². The van der Waals surface area contributed by atoms with Crippen molar-refractivity contribution in [3.63, 3.8) is 0 Å². The first-order chi connectivity index (χ1) is 12.0. The number of rotatable bonds is 5. The average Bonchev–Trinajstić information content (AvgIpc) is 2.63. The molecular formula is C19H24N2O3S. The van der Waals surface area contributed by atoms with E-state index in [9.17, 15) is 8.42 Å². The van der Waals surface area contributed by atoms with E-state index >= 15 is 0 Å². The zero-order chi connectivity index (χ0) is 17.9. The van der Waals surface area contributed by atoms with Crippen molar-refractivity contribution in [2.75, 3.05) is 37.7 Å². The molecule has 0 amide bonds. The molecule has 6 heteroatoms. The van der Waals surface area contributed by atoms with Crippen LogP contribution in [0.4, 0.5) is 5.69 Å². The van der Waals surface area contributed by atoms with E-state index in [0.29, 0.717) is 37.7 Å². The van der Waals surface area contributed by atoms with Gasteiger partial charge in [-0.05, 0) is 37.6 Å². The molecule has 0 atom stereocenters. The van der Waals surface area contributed by atoms with E-state index in [1.165, 1.54) is 0 Å². The normalized spacial score (nSPS) is 16.0. The molecular weight excluding hydrogens is 336 g/mol. The fourth-order valence-electron chi connectivity index (χ4n) is 3.15. The summed E-state index contributed by atoms with van der Waals surface area (Å²) < 4.78 is 33.1. The Balaban J connectivity index is 1.75. The third-order valence-electron chi connectivity index (χ3n) is 4.46. The predicted molar refractivity (Wildman–Crippen MR) is 99.8 cm³/mol. The summed E-state index contributed by atoms with van der Waals surface area (Å²) in [4.78, 5) is 2.59. The number of benzene rings is 2. The van der Waals surface area contributed by atoms with Crippen LogP contribution in [-0.2, 0) is 10.0 Å². The first-order valence-corrected chi connectivity index (χ1v) is 10.0. The van der Waals surface area contributed by atoms with Crippen molar-refractivity contribution < 1.29 is 13.2 Å². The lowest BCUT2D eigenvalue weighted by Gasteiger charge is -2.36. The monoisotopic (exact) mass is 360 g/mol. The van der Waals surface area contributed by atoms with E-state index in [1.807, 2.05) is 50.2 Å². The molecule has 3 rings (SSSR count). The molecule has 0 N–H and O–H groups in total. The summed E-state index contributed by atoms with van der Waals surface area (Å²) in [6.07, 6.45) is 0. The fourth-order valence-corrected chi connectivity index (χ4v) is 4.80. The Labute approximate surface area is 149 Å². The van der Waals surface area contributed by atoms with Gasteiger partial charge in [-0.3, -0.25) is 0 Å². The van der Waals surface area contributed by atoms with Gasteiger partial charge in [0.1, 0.15) is 5.75 Å². The highest BCUT2D eigenvalue weighted by Crippen LogP contribution is 2.30. The second-order valence-corrected chi connectivity index (χ2v) is 7.96. The van der Waals surface area contributed by atoms with Gasteiger partial charge < -0.3 is 9.64 Å². The second-order valence-electron chi connectivity index (χ2n) is 6.06. The highest BCUT2D eigenvalue weighted by molar-refractivity contribution is 7.89. The van der Waals surface area contributed by atoms with Crippen LogP contribution in [0.2, 0.25) is 0 Å². The number of nitrogens with zero attached hydrogens (tertiary/aromatic N) is 2. The van der Waals surface area contributed by atoms with Crippen molar-refractivity contribution in [3.05, 3.63) is 54.1 Å². The Kier molecular flexibility index (Phi) is 5.30. The molecule has 5 nitrogen and oxygen atoms in total. The summed E-state index contributed by atoms with van der Waals surface area (Å²) in [7, 11) is -3.44. The molecule has 0 aromatic heterocycles. The number of para-hydroxylation sites is 2. The van der Waals surface area contributed by atoms with Crippen LogP contribution in [0, 0.1) is 6.92 Å². The average molecular weight is 360 g/mol. The van der Waals surface area contributed by atoms with Gasteiger partial charge in [-0.1, -0.05) is 30.3 Å². The zero-order valence-electron chi connectivity index (χ0n) is 14.7. The predicted octanol–water partition coefficient (Wildman–Crippen LogP) is 2.90. The molecule has 1 saturated heterocycles. The molecule has 0 aliphatic carbocycles. The minimum absolute atomic E-state index is 0.401. The summed E-state index contributed by atoms with van der Waals surface area (Å²) in [5, 5.41) is 0. The number of aryl methyl sites for hydroxylation is 1. The van der Waals surface area contributed by atoms with E-state index in [4.69, 9.17) is 4.74 Å². The van der Waals surface area contributed by atoms with Crippen LogP contribution in [-0.4, -0.2) is 45.5 Å². The maximum atomic E-state index is 12.9. The summed E-state index contributed by atoms with van der Waals surface area (Å²) in [5.74, 6) is 0.847. The van der Waals surface area contributed by atoms with E-state index in [0.717, 1.165) is 17.0 Å². The van der Waals surface area contributed by atoms with E-state index in [2.05, 4.69) is 4.90 Å². The van der Waals surface area contributed by atoms with E-state index in [-0.39, 0.29) is 0 Å². The molecule has 25 heavy (non-hydrogen) atoms. The minimum Gasteiger partial charge on any atom is -0.492 e. The molecule has 2 aromatic rings. The summed E-state index contributed by atoms with van der Waals surface area (Å²) in [6.45, 7) is 6.64. The van der Waals surface area contributed by atoms with Gasteiger partial charge in [0.15, 0.2) is 0 Å². The molecule has 0 spiro atoms. The van der Waals surface area contributed by atoms with Crippen molar-refractivity contribution in [2.45, 2.75) is 18.7 Å². The maximum absolute atomic E-state index is 12.9. The van der Waals surface area contributed by atoms with Crippen molar-refractivity contribution in [1.82, 2.24) is 4.31 Å². The minimum atomic E-state index is -3.44. The molecule has 2 aromatic carbocycles. The van der Waals surface area contributed by atoms with E-state index in [1.54, 1.807) is 16.4 Å². The van der Waals surface area contributed by atoms with Gasteiger partial charge in [0, 0.05) is 26.2 Å². The summed E-state index contributed by atoms with van der Waals surface area (Å²) >= 11 is 0. The number of sulfonamides is 1. The van der Waals surface area contributed by atoms with Crippen molar-refractivity contribution >= 4 is 15.7 Å². The Bertz CT molecular complexity index is 828. The topological polar surface area (TPSA) is 49.9 Å². The summed E-state index contributed by atoms with van der Waals surface area (Å²) in [5.41, 5.74) is 1.81. The Hall–Kier alpha value is -2.05. The molecule has 1 heterocycles. The van der Waals surface area contributed by atoms with Crippen LogP contribution >= 0.6 is 0 Å². The Morgan fingerprint density at radius 3 is 2.28 bits per heavy atom. The molecule has 0 radical (unpaired) electrons. The highest BCUT2D eigenvalue weighted by atomic mass is 32.2. The Morgan fingerprint density at radius 1 is 0.960 bits per heavy atom. The molecule has 1 aliphatic rings. The first-order valence-electron chi connectivity index (χ1n) is 8.56. The number of anilines is 1. The van der Waals surface area contributed by atoms with Crippen LogP contribution in [0.15, 0.2) is 53.4 Å². The lowest BCUT2D eigenvalue weighted by atomic mass is 10.2. The first kappa shape index (κ1) is 17.8. The van der Waals surface area contributed by atoms with Crippen molar-refractivity contribution in [3.8, 4) is 5.75 Å². The molecule has 0 bridgehead atoms. The lowest BCUT2D eigenvalue weighted by Crippen LogP contribution is -2.48. The molecule has 0 unspecified atom stereocenters. The largest absolute Gasteiger partial charge is 0.492 e. The SMILES string of the molecule is CCOc1ccccc1N1CCN(S(=O)(=O)c2ccccc2C)CC1. The molecule has 1 aliphatic heterocycles. The van der Waals surface area contributed by atoms with Gasteiger partial charge in [0.2, 0.25) is 10.0 Å². The quantitative estimate of drug-likeness (QED) is 0.823. The van der Waals surface area contributed by atoms with Gasteiger partial charge >= 0.3 is 0 Å². The third-order valence-corrected chi connectivity index (χ3v) is 6.51. The highest BCUT2D eigenvalue weighted by Gasteiger charge is 2.30. The zero-order valence-corrected chi connectivity index (χ0v) is 15.5. The summed E-state index contributed by atoms with van der Waals surface area (Å²) in [6, 6.07) is 15.1. The molecule has 134 valence electrons. The van der Waals surface area contributed by atoms with Gasteiger partial charge in [0.05, 0.1) is 17.2 Å². The maximum Gasteiger partial charge on any atom is 0.243 e. The second kappa shape index (κ2) is 7.45. The van der Waals surface area contributed by atoms with Crippen LogP contribution in [0.3, 0.4) is 0 Å². The lowest BCUT2D eigenvalue weighted by molar-refractivity contribution is 0.337. The van der Waals surface area contributed by atoms with Crippen molar-refractivity contribution in [1.29, 1.82) is 0 Å². The number of ether oxygens (including phenoxy) is 1. The van der Waals surface area contributed by atoms with Crippen LogP contribution < -0.4 is 9.64 Å². The van der Waals surface area contributed by atoms with Crippen LogP contribution in [0.5, 0.6) is 5.75 Å². The van der Waals surface area contributed by atoms with Crippen LogP contribution in [0.1, 0.15) is 12.5 Å². The third kappa shape index (κ3) is 3.65. The van der Waals surface area contributed by atoms with Gasteiger partial charge in [0.25, 0.3) is 0 Å². The van der Waals surface area contributed by atoms with Gasteiger partial charge in [-0.15, -0.1) is 0 Å². The Morgan fingerprint density at radius 2 is 1.60 bits per heavy atom.